The highest BCUT2D eigenvalue weighted by atomic mass is 16.3. The lowest BCUT2D eigenvalue weighted by molar-refractivity contribution is 0.173. The fourth-order valence-corrected chi connectivity index (χ4v) is 2.28. The molecule has 0 radical (unpaired) electrons. The van der Waals surface area contributed by atoms with Gasteiger partial charge < -0.3 is 9.73 Å². The van der Waals surface area contributed by atoms with Crippen LogP contribution in [0.5, 0.6) is 0 Å². The summed E-state index contributed by atoms with van der Waals surface area (Å²) < 4.78 is 5.57. The molecule has 0 saturated carbocycles. The Morgan fingerprint density at radius 3 is 2.88 bits per heavy atom. The predicted octanol–water partition coefficient (Wildman–Crippen LogP) is 2.23. The zero-order valence-electron chi connectivity index (χ0n) is 10.3. The van der Waals surface area contributed by atoms with Gasteiger partial charge in [0, 0.05) is 12.1 Å². The van der Waals surface area contributed by atoms with Crippen LogP contribution in [-0.2, 0) is 13.1 Å². The van der Waals surface area contributed by atoms with Crippen molar-refractivity contribution in [3.63, 3.8) is 0 Å². The maximum atomic E-state index is 5.57. The molecule has 1 N–H and O–H groups in total. The summed E-state index contributed by atoms with van der Waals surface area (Å²) >= 11 is 0. The summed E-state index contributed by atoms with van der Waals surface area (Å²) in [5, 5.41) is 3.18. The number of rotatable bonds is 4. The van der Waals surface area contributed by atoms with Gasteiger partial charge in [0.2, 0.25) is 0 Å². The molecule has 0 atom stereocenters. The molecule has 90 valence electrons. The van der Waals surface area contributed by atoms with Gasteiger partial charge in [-0.25, -0.2) is 0 Å². The van der Waals surface area contributed by atoms with Crippen molar-refractivity contribution < 1.29 is 4.42 Å². The quantitative estimate of drug-likeness (QED) is 0.847. The Kier molecular flexibility index (Phi) is 4.02. The molecule has 0 aromatic carbocycles. The van der Waals surface area contributed by atoms with E-state index in [1.54, 1.807) is 6.26 Å². The van der Waals surface area contributed by atoms with Gasteiger partial charge in [-0.05, 0) is 45.0 Å². The van der Waals surface area contributed by atoms with Gasteiger partial charge in [-0.3, -0.25) is 4.90 Å². The van der Waals surface area contributed by atoms with Crippen molar-refractivity contribution in [2.24, 2.45) is 5.92 Å². The molecule has 1 aromatic heterocycles. The first-order valence-electron chi connectivity index (χ1n) is 6.22. The molecule has 2 heterocycles. The predicted molar refractivity (Wildman–Crippen MR) is 65.1 cm³/mol. The maximum Gasteiger partial charge on any atom is 0.122 e. The van der Waals surface area contributed by atoms with Gasteiger partial charge in [-0.15, -0.1) is 0 Å². The first-order valence-corrected chi connectivity index (χ1v) is 6.22. The first-order chi connectivity index (χ1) is 7.79. The standard InChI is InChI=1S/C13H22N2O/c1-11-3-6-15(7-4-11)10-13-12(9-14-2)5-8-16-13/h5,8,11,14H,3-4,6-7,9-10H2,1-2H3. The third-order valence-electron chi connectivity index (χ3n) is 3.45. The molecule has 1 aromatic rings. The minimum absolute atomic E-state index is 0.893. The number of nitrogens with one attached hydrogen (secondary N) is 1. The second kappa shape index (κ2) is 5.51. The Balaban J connectivity index is 1.90. The number of piperidine rings is 1. The number of furan rings is 1. The van der Waals surface area contributed by atoms with Crippen LogP contribution in [0.4, 0.5) is 0 Å². The highest BCUT2D eigenvalue weighted by Crippen LogP contribution is 2.20. The molecule has 1 aliphatic rings. The Labute approximate surface area is 97.8 Å². The normalized spacial score (nSPS) is 19.1. The van der Waals surface area contributed by atoms with E-state index < -0.39 is 0 Å². The third-order valence-corrected chi connectivity index (χ3v) is 3.45. The molecule has 0 aliphatic carbocycles. The molecule has 1 saturated heterocycles. The average Bonchev–Trinajstić information content (AvgIpc) is 2.70. The summed E-state index contributed by atoms with van der Waals surface area (Å²) in [6, 6.07) is 2.07. The van der Waals surface area contributed by atoms with Gasteiger partial charge in [0.1, 0.15) is 5.76 Å². The van der Waals surface area contributed by atoms with E-state index in [0.29, 0.717) is 0 Å². The lowest BCUT2D eigenvalue weighted by Gasteiger charge is -2.29. The van der Waals surface area contributed by atoms with Crippen molar-refractivity contribution in [1.82, 2.24) is 10.2 Å². The van der Waals surface area contributed by atoms with Crippen LogP contribution < -0.4 is 5.32 Å². The number of nitrogens with zero attached hydrogens (tertiary/aromatic N) is 1. The number of hydrogen-bond acceptors (Lipinski definition) is 3. The molecular formula is C13H22N2O. The minimum Gasteiger partial charge on any atom is -0.468 e. The zero-order valence-corrected chi connectivity index (χ0v) is 10.3. The first kappa shape index (κ1) is 11.7. The Morgan fingerprint density at radius 1 is 1.44 bits per heavy atom. The van der Waals surface area contributed by atoms with Crippen LogP contribution in [-0.4, -0.2) is 25.0 Å². The lowest BCUT2D eigenvalue weighted by Crippen LogP contribution is -2.32. The van der Waals surface area contributed by atoms with Crippen LogP contribution in [0, 0.1) is 5.92 Å². The van der Waals surface area contributed by atoms with E-state index in [4.69, 9.17) is 4.42 Å². The van der Waals surface area contributed by atoms with Gasteiger partial charge in [-0.1, -0.05) is 6.92 Å². The average molecular weight is 222 g/mol. The largest absolute Gasteiger partial charge is 0.468 e. The summed E-state index contributed by atoms with van der Waals surface area (Å²) in [5.41, 5.74) is 1.29. The summed E-state index contributed by atoms with van der Waals surface area (Å²) in [5.74, 6) is 2.02. The van der Waals surface area contributed by atoms with Crippen molar-refractivity contribution in [3.8, 4) is 0 Å². The topological polar surface area (TPSA) is 28.4 Å². The molecule has 2 rings (SSSR count). The minimum atomic E-state index is 0.893. The van der Waals surface area contributed by atoms with E-state index >= 15 is 0 Å². The van der Waals surface area contributed by atoms with E-state index in [9.17, 15) is 0 Å². The van der Waals surface area contributed by atoms with Crippen molar-refractivity contribution in [1.29, 1.82) is 0 Å². The molecule has 0 bridgehead atoms. The molecule has 3 heteroatoms. The summed E-state index contributed by atoms with van der Waals surface area (Å²) in [7, 11) is 1.97. The highest BCUT2D eigenvalue weighted by Gasteiger charge is 2.17. The van der Waals surface area contributed by atoms with E-state index in [1.165, 1.54) is 31.5 Å². The van der Waals surface area contributed by atoms with Crippen molar-refractivity contribution in [3.05, 3.63) is 23.7 Å². The second-order valence-electron chi connectivity index (χ2n) is 4.86. The van der Waals surface area contributed by atoms with Crippen molar-refractivity contribution >= 4 is 0 Å². The lowest BCUT2D eigenvalue weighted by atomic mass is 9.99. The SMILES string of the molecule is CNCc1ccoc1CN1CCC(C)CC1. The summed E-state index contributed by atoms with van der Waals surface area (Å²) in [6.07, 6.45) is 4.44. The van der Waals surface area contributed by atoms with Gasteiger partial charge in [0.15, 0.2) is 0 Å². The van der Waals surface area contributed by atoms with Gasteiger partial charge >= 0.3 is 0 Å². The molecule has 1 fully saturated rings. The van der Waals surface area contributed by atoms with E-state index in [2.05, 4.69) is 23.2 Å². The smallest absolute Gasteiger partial charge is 0.122 e. The molecule has 0 amide bonds. The van der Waals surface area contributed by atoms with Crippen molar-refractivity contribution in [2.75, 3.05) is 20.1 Å². The molecule has 16 heavy (non-hydrogen) atoms. The molecule has 1 aliphatic heterocycles. The molecule has 0 spiro atoms. The van der Waals surface area contributed by atoms with E-state index in [1.807, 2.05) is 7.05 Å². The Hall–Kier alpha value is -0.800. The van der Waals surface area contributed by atoms with Crippen LogP contribution in [0.25, 0.3) is 0 Å². The third kappa shape index (κ3) is 2.86. The highest BCUT2D eigenvalue weighted by molar-refractivity contribution is 5.16. The van der Waals surface area contributed by atoms with Gasteiger partial charge in [-0.2, -0.15) is 0 Å². The van der Waals surface area contributed by atoms with Crippen LogP contribution in [0.3, 0.4) is 0 Å². The van der Waals surface area contributed by atoms with Crippen LogP contribution >= 0.6 is 0 Å². The number of hydrogen-bond donors (Lipinski definition) is 1. The van der Waals surface area contributed by atoms with E-state index in [0.717, 1.165) is 24.8 Å². The van der Waals surface area contributed by atoms with Crippen LogP contribution in [0.1, 0.15) is 31.1 Å². The second-order valence-corrected chi connectivity index (χ2v) is 4.86. The zero-order chi connectivity index (χ0) is 11.4. The molecular weight excluding hydrogens is 200 g/mol. The fourth-order valence-electron chi connectivity index (χ4n) is 2.28. The monoisotopic (exact) mass is 222 g/mol. The van der Waals surface area contributed by atoms with Crippen LogP contribution in [0.15, 0.2) is 16.7 Å². The molecule has 0 unspecified atom stereocenters. The Bertz CT molecular complexity index is 313. The maximum absolute atomic E-state index is 5.57. The number of likely N-dealkylation sites (tertiary alicyclic amines) is 1. The molecule has 3 nitrogen and oxygen atoms in total. The van der Waals surface area contributed by atoms with Crippen molar-refractivity contribution in [2.45, 2.75) is 32.9 Å². The van der Waals surface area contributed by atoms with Gasteiger partial charge in [0.25, 0.3) is 0 Å². The Morgan fingerprint density at radius 2 is 2.19 bits per heavy atom. The van der Waals surface area contributed by atoms with Gasteiger partial charge in [0.05, 0.1) is 12.8 Å². The fraction of sp³-hybridized carbons (Fsp3) is 0.692. The van der Waals surface area contributed by atoms with Crippen LogP contribution in [0.2, 0.25) is 0 Å². The summed E-state index contributed by atoms with van der Waals surface area (Å²) in [4.78, 5) is 2.50. The van der Waals surface area contributed by atoms with E-state index in [-0.39, 0.29) is 0 Å². The summed E-state index contributed by atoms with van der Waals surface area (Å²) in [6.45, 7) is 6.63.